The fourth-order valence-electron chi connectivity index (χ4n) is 3.16. The van der Waals surface area contributed by atoms with E-state index in [0.29, 0.717) is 5.57 Å². The molecule has 0 fully saturated rings. The zero-order valence-electron chi connectivity index (χ0n) is 13.1. The summed E-state index contributed by atoms with van der Waals surface area (Å²) in [4.78, 5) is 0. The smallest absolute Gasteiger partial charge is 0.0998 e. The molecule has 0 amide bonds. The molecular weight excluding hydrogens is 290 g/mol. The molecule has 0 aliphatic carbocycles. The molecule has 4 aromatic rings. The normalized spacial score (nSPS) is 11.5. The molecule has 0 spiro atoms. The number of hydrogen-bond acceptors (Lipinski definition) is 1. The third-order valence-corrected chi connectivity index (χ3v) is 4.31. The molecule has 24 heavy (non-hydrogen) atoms. The summed E-state index contributed by atoms with van der Waals surface area (Å²) >= 11 is 0. The number of rotatable bonds is 2. The Balaban J connectivity index is 2.02. The third-order valence-electron chi connectivity index (χ3n) is 4.31. The minimum atomic E-state index is 0.677. The molecule has 1 nitrogen and oxygen atoms in total. The van der Waals surface area contributed by atoms with Gasteiger partial charge in [0.25, 0.3) is 0 Å². The highest BCUT2D eigenvalue weighted by Crippen LogP contribution is 2.30. The standard InChI is InChI=1S/C23H15N/c24-16-21(17-7-2-1-3-8-17)15-20-11-6-10-19-14-13-18-9-4-5-12-22(18)23(19)20/h1-15H/b21-15+. The zero-order valence-corrected chi connectivity index (χ0v) is 13.1. The lowest BCUT2D eigenvalue weighted by Gasteiger charge is -2.08. The van der Waals surface area contributed by atoms with Gasteiger partial charge in [0.15, 0.2) is 0 Å². The molecule has 0 aliphatic heterocycles. The lowest BCUT2D eigenvalue weighted by atomic mass is 9.95. The molecule has 4 aromatic carbocycles. The number of benzene rings is 4. The summed E-state index contributed by atoms with van der Waals surface area (Å²) in [5, 5.41) is 14.4. The fraction of sp³-hybridized carbons (Fsp3) is 0. The van der Waals surface area contributed by atoms with E-state index in [0.717, 1.165) is 11.1 Å². The van der Waals surface area contributed by atoms with Crippen molar-refractivity contribution < 1.29 is 0 Å². The van der Waals surface area contributed by atoms with Crippen LogP contribution in [0.3, 0.4) is 0 Å². The van der Waals surface area contributed by atoms with Gasteiger partial charge in [0.1, 0.15) is 0 Å². The summed E-state index contributed by atoms with van der Waals surface area (Å²) < 4.78 is 0. The molecule has 0 unspecified atom stereocenters. The number of nitriles is 1. The number of nitrogens with zero attached hydrogens (tertiary/aromatic N) is 1. The first-order chi connectivity index (χ1) is 11.9. The second kappa shape index (κ2) is 6.02. The minimum absolute atomic E-state index is 0.677. The van der Waals surface area contributed by atoms with Crippen LogP contribution in [0, 0.1) is 11.3 Å². The van der Waals surface area contributed by atoms with Crippen molar-refractivity contribution in [3.63, 3.8) is 0 Å². The van der Waals surface area contributed by atoms with Gasteiger partial charge in [-0.1, -0.05) is 84.9 Å². The summed E-state index contributed by atoms with van der Waals surface area (Å²) in [7, 11) is 0. The maximum atomic E-state index is 9.61. The average molecular weight is 305 g/mol. The van der Waals surface area contributed by atoms with E-state index in [2.05, 4.69) is 54.6 Å². The van der Waals surface area contributed by atoms with E-state index in [1.165, 1.54) is 21.5 Å². The van der Waals surface area contributed by atoms with Crippen molar-refractivity contribution in [2.24, 2.45) is 0 Å². The molecule has 0 heterocycles. The zero-order chi connectivity index (χ0) is 16.4. The molecule has 4 rings (SSSR count). The minimum Gasteiger partial charge on any atom is -0.192 e. The molecule has 0 aromatic heterocycles. The average Bonchev–Trinajstić information content (AvgIpc) is 2.66. The lowest BCUT2D eigenvalue weighted by Crippen LogP contribution is -1.85. The van der Waals surface area contributed by atoms with Crippen LogP contribution < -0.4 is 0 Å². The number of hydrogen-bond donors (Lipinski definition) is 0. The molecule has 0 saturated carbocycles. The van der Waals surface area contributed by atoms with E-state index in [9.17, 15) is 5.26 Å². The fourth-order valence-corrected chi connectivity index (χ4v) is 3.16. The van der Waals surface area contributed by atoms with E-state index in [4.69, 9.17) is 0 Å². The van der Waals surface area contributed by atoms with Crippen molar-refractivity contribution in [3.8, 4) is 6.07 Å². The maximum Gasteiger partial charge on any atom is 0.0998 e. The summed E-state index contributed by atoms with van der Waals surface area (Å²) in [6.07, 6.45) is 1.99. The second-order valence-electron chi connectivity index (χ2n) is 5.77. The van der Waals surface area contributed by atoms with Gasteiger partial charge < -0.3 is 0 Å². The van der Waals surface area contributed by atoms with Crippen LogP contribution in [0.2, 0.25) is 0 Å². The van der Waals surface area contributed by atoms with Crippen molar-refractivity contribution in [1.29, 1.82) is 5.26 Å². The highest BCUT2D eigenvalue weighted by atomic mass is 14.2. The summed E-state index contributed by atoms with van der Waals surface area (Å²) in [6, 6.07) is 31.1. The van der Waals surface area contributed by atoms with Gasteiger partial charge in [-0.15, -0.1) is 0 Å². The van der Waals surface area contributed by atoms with Gasteiger partial charge >= 0.3 is 0 Å². The second-order valence-corrected chi connectivity index (χ2v) is 5.77. The Morgan fingerprint density at radius 3 is 2.25 bits per heavy atom. The van der Waals surface area contributed by atoms with Gasteiger partial charge in [-0.25, -0.2) is 0 Å². The first-order valence-electron chi connectivity index (χ1n) is 7.94. The Labute approximate surface area is 141 Å². The van der Waals surface area contributed by atoms with Crippen molar-refractivity contribution in [3.05, 3.63) is 96.1 Å². The van der Waals surface area contributed by atoms with Gasteiger partial charge in [-0.05, 0) is 38.7 Å². The monoisotopic (exact) mass is 305 g/mol. The Hall–Kier alpha value is -3.37. The van der Waals surface area contributed by atoms with Crippen LogP contribution in [0.25, 0.3) is 33.2 Å². The van der Waals surface area contributed by atoms with Gasteiger partial charge in [0, 0.05) is 0 Å². The van der Waals surface area contributed by atoms with Crippen molar-refractivity contribution >= 4 is 33.2 Å². The molecule has 0 radical (unpaired) electrons. The summed E-state index contributed by atoms with van der Waals surface area (Å²) in [5.41, 5.74) is 2.69. The van der Waals surface area contributed by atoms with Crippen LogP contribution in [0.4, 0.5) is 0 Å². The van der Waals surface area contributed by atoms with Crippen LogP contribution in [-0.4, -0.2) is 0 Å². The van der Waals surface area contributed by atoms with Crippen LogP contribution in [0.15, 0.2) is 84.9 Å². The number of allylic oxidation sites excluding steroid dienone is 1. The number of fused-ring (bicyclic) bond motifs is 3. The van der Waals surface area contributed by atoms with Crippen LogP contribution >= 0.6 is 0 Å². The SMILES string of the molecule is N#C/C(=C\c1cccc2ccc3ccccc3c12)c1ccccc1. The van der Waals surface area contributed by atoms with E-state index in [1.54, 1.807) is 0 Å². The molecule has 0 N–H and O–H groups in total. The predicted octanol–water partition coefficient (Wildman–Crippen LogP) is 6.06. The Kier molecular flexibility index (Phi) is 3.57. The summed E-state index contributed by atoms with van der Waals surface area (Å²) in [6.45, 7) is 0. The molecule has 0 bridgehead atoms. The van der Waals surface area contributed by atoms with Crippen LogP contribution in [-0.2, 0) is 0 Å². The van der Waals surface area contributed by atoms with E-state index in [1.807, 2.05) is 42.5 Å². The van der Waals surface area contributed by atoms with Crippen molar-refractivity contribution in [2.75, 3.05) is 0 Å². The maximum absolute atomic E-state index is 9.61. The molecule has 1 heteroatoms. The molecular formula is C23H15N. The van der Waals surface area contributed by atoms with Gasteiger partial charge in [0.05, 0.1) is 11.6 Å². The first kappa shape index (κ1) is 14.2. The molecule has 112 valence electrons. The van der Waals surface area contributed by atoms with Crippen molar-refractivity contribution in [1.82, 2.24) is 0 Å². The predicted molar refractivity (Wildman–Crippen MR) is 101 cm³/mol. The van der Waals surface area contributed by atoms with Gasteiger partial charge in [0.2, 0.25) is 0 Å². The van der Waals surface area contributed by atoms with E-state index in [-0.39, 0.29) is 0 Å². The van der Waals surface area contributed by atoms with E-state index >= 15 is 0 Å². The molecule has 0 aliphatic rings. The summed E-state index contributed by atoms with van der Waals surface area (Å²) in [5.74, 6) is 0. The van der Waals surface area contributed by atoms with Gasteiger partial charge in [-0.2, -0.15) is 5.26 Å². The third kappa shape index (κ3) is 2.45. The lowest BCUT2D eigenvalue weighted by molar-refractivity contribution is 1.52. The largest absolute Gasteiger partial charge is 0.192 e. The molecule has 0 atom stereocenters. The Bertz CT molecular complexity index is 1100. The van der Waals surface area contributed by atoms with E-state index < -0.39 is 0 Å². The topological polar surface area (TPSA) is 23.8 Å². The van der Waals surface area contributed by atoms with Crippen LogP contribution in [0.1, 0.15) is 11.1 Å². The molecule has 0 saturated heterocycles. The van der Waals surface area contributed by atoms with Crippen molar-refractivity contribution in [2.45, 2.75) is 0 Å². The highest BCUT2D eigenvalue weighted by molar-refractivity contribution is 6.12. The highest BCUT2D eigenvalue weighted by Gasteiger charge is 2.06. The first-order valence-corrected chi connectivity index (χ1v) is 7.94. The van der Waals surface area contributed by atoms with Crippen LogP contribution in [0.5, 0.6) is 0 Å². The Morgan fingerprint density at radius 1 is 0.708 bits per heavy atom. The Morgan fingerprint density at radius 2 is 1.42 bits per heavy atom. The quantitative estimate of drug-likeness (QED) is 0.251. The van der Waals surface area contributed by atoms with Gasteiger partial charge in [-0.3, -0.25) is 0 Å².